The summed E-state index contributed by atoms with van der Waals surface area (Å²) in [7, 11) is 0. The molecule has 0 saturated heterocycles. The van der Waals surface area contributed by atoms with Gasteiger partial charge in [-0.15, -0.1) is 0 Å². The molecule has 0 atom stereocenters. The van der Waals surface area contributed by atoms with Crippen LogP contribution in [0.3, 0.4) is 0 Å². The van der Waals surface area contributed by atoms with Gasteiger partial charge >= 0.3 is 0 Å². The average Bonchev–Trinajstić information content (AvgIpc) is 2.55. The minimum Gasteiger partial charge on any atom is -0.494 e. The van der Waals surface area contributed by atoms with Crippen molar-refractivity contribution in [2.45, 2.75) is 6.92 Å². The molecule has 23 heavy (non-hydrogen) atoms. The van der Waals surface area contributed by atoms with Gasteiger partial charge in [-0.1, -0.05) is 12.1 Å². The van der Waals surface area contributed by atoms with Gasteiger partial charge in [0.25, 0.3) is 5.91 Å². The van der Waals surface area contributed by atoms with Crippen LogP contribution in [-0.2, 0) is 4.79 Å². The van der Waals surface area contributed by atoms with Crippen LogP contribution in [0.15, 0.2) is 53.6 Å². The van der Waals surface area contributed by atoms with E-state index >= 15 is 0 Å². The molecule has 0 aliphatic rings. The van der Waals surface area contributed by atoms with Crippen molar-refractivity contribution in [2.75, 3.05) is 18.5 Å². The number of ether oxygens (including phenoxy) is 1. The lowest BCUT2D eigenvalue weighted by atomic mass is 10.2. The first-order valence-corrected chi connectivity index (χ1v) is 7.21. The van der Waals surface area contributed by atoms with Crippen molar-refractivity contribution >= 4 is 17.8 Å². The van der Waals surface area contributed by atoms with E-state index in [-0.39, 0.29) is 18.3 Å². The number of amides is 1. The second-order valence-corrected chi connectivity index (χ2v) is 4.66. The number of hydrogen-bond donors (Lipinski definition) is 2. The van der Waals surface area contributed by atoms with E-state index in [2.05, 4.69) is 15.8 Å². The normalized spacial score (nSPS) is 10.5. The molecule has 0 bridgehead atoms. The molecular weight excluding hydrogens is 297 g/mol. The van der Waals surface area contributed by atoms with Gasteiger partial charge in [0, 0.05) is 5.69 Å². The summed E-state index contributed by atoms with van der Waals surface area (Å²) in [5, 5.41) is 6.76. The lowest BCUT2D eigenvalue weighted by Crippen LogP contribution is -2.25. The van der Waals surface area contributed by atoms with E-state index in [1.807, 2.05) is 31.2 Å². The Morgan fingerprint density at radius 3 is 2.78 bits per heavy atom. The largest absolute Gasteiger partial charge is 0.494 e. The number of carbonyl (C=O) groups is 1. The fourth-order valence-corrected chi connectivity index (χ4v) is 1.82. The Balaban J connectivity index is 1.79. The van der Waals surface area contributed by atoms with Gasteiger partial charge in [-0.3, -0.25) is 4.79 Å². The van der Waals surface area contributed by atoms with E-state index in [9.17, 15) is 9.18 Å². The number of rotatable bonds is 7. The van der Waals surface area contributed by atoms with Crippen molar-refractivity contribution in [3.05, 3.63) is 59.9 Å². The molecule has 2 aromatic rings. The van der Waals surface area contributed by atoms with Crippen molar-refractivity contribution in [1.29, 1.82) is 0 Å². The number of halogens is 1. The summed E-state index contributed by atoms with van der Waals surface area (Å²) in [6, 6.07) is 13.2. The third-order valence-electron chi connectivity index (χ3n) is 2.87. The molecule has 5 nitrogen and oxygen atoms in total. The molecular formula is C17H18FN3O2. The van der Waals surface area contributed by atoms with Crippen molar-refractivity contribution in [2.24, 2.45) is 5.10 Å². The number of benzene rings is 2. The van der Waals surface area contributed by atoms with Crippen LogP contribution in [0.2, 0.25) is 0 Å². The minimum atomic E-state index is -0.320. The van der Waals surface area contributed by atoms with Crippen molar-refractivity contribution in [3.63, 3.8) is 0 Å². The van der Waals surface area contributed by atoms with E-state index in [0.29, 0.717) is 12.3 Å². The molecule has 0 saturated carbocycles. The number of carbonyl (C=O) groups excluding carboxylic acids is 1. The Morgan fingerprint density at radius 1 is 1.26 bits per heavy atom. The molecule has 120 valence electrons. The van der Waals surface area contributed by atoms with Crippen LogP contribution < -0.4 is 15.5 Å². The number of hydrogen-bond acceptors (Lipinski definition) is 4. The topological polar surface area (TPSA) is 62.7 Å². The fourth-order valence-electron chi connectivity index (χ4n) is 1.82. The summed E-state index contributed by atoms with van der Waals surface area (Å²) in [5.41, 5.74) is 3.90. The highest BCUT2D eigenvalue weighted by molar-refractivity contribution is 5.84. The molecule has 6 heteroatoms. The van der Waals surface area contributed by atoms with Crippen LogP contribution in [0.5, 0.6) is 5.75 Å². The van der Waals surface area contributed by atoms with Gasteiger partial charge in [-0.05, 0) is 48.9 Å². The number of nitrogens with one attached hydrogen (secondary N) is 2. The Kier molecular flexibility index (Phi) is 6.11. The monoisotopic (exact) mass is 315 g/mol. The summed E-state index contributed by atoms with van der Waals surface area (Å²) >= 11 is 0. The molecule has 0 aliphatic heterocycles. The van der Waals surface area contributed by atoms with Gasteiger partial charge in [0.1, 0.15) is 11.6 Å². The van der Waals surface area contributed by atoms with E-state index < -0.39 is 0 Å². The van der Waals surface area contributed by atoms with Gasteiger partial charge in [-0.25, -0.2) is 9.82 Å². The molecule has 2 rings (SSSR count). The maximum Gasteiger partial charge on any atom is 0.259 e. The van der Waals surface area contributed by atoms with Gasteiger partial charge in [0.05, 0.1) is 19.4 Å². The maximum absolute atomic E-state index is 12.8. The zero-order valence-electron chi connectivity index (χ0n) is 12.8. The minimum absolute atomic E-state index is 0.0436. The highest BCUT2D eigenvalue weighted by Gasteiger charge is 2.00. The molecule has 1 amide bonds. The van der Waals surface area contributed by atoms with E-state index in [4.69, 9.17) is 4.74 Å². The fraction of sp³-hybridized carbons (Fsp3) is 0.176. The van der Waals surface area contributed by atoms with Crippen molar-refractivity contribution in [3.8, 4) is 5.75 Å². The highest BCUT2D eigenvalue weighted by atomic mass is 19.1. The van der Waals surface area contributed by atoms with Crippen LogP contribution >= 0.6 is 0 Å². The molecule has 2 N–H and O–H groups in total. The smallest absolute Gasteiger partial charge is 0.259 e. The first-order chi connectivity index (χ1) is 11.2. The van der Waals surface area contributed by atoms with Crippen LogP contribution in [0.25, 0.3) is 0 Å². The quantitative estimate of drug-likeness (QED) is 0.610. The average molecular weight is 315 g/mol. The van der Waals surface area contributed by atoms with Gasteiger partial charge in [-0.2, -0.15) is 5.10 Å². The SMILES string of the molecule is CCOc1cccc(/C=N\NC(=O)CNc2ccc(F)cc2)c1. The third kappa shape index (κ3) is 5.78. The van der Waals surface area contributed by atoms with Gasteiger partial charge in [0.15, 0.2) is 0 Å². The maximum atomic E-state index is 12.8. The van der Waals surface area contributed by atoms with Gasteiger partial charge in [0.2, 0.25) is 0 Å². The van der Waals surface area contributed by atoms with Crippen LogP contribution in [-0.4, -0.2) is 25.3 Å². The van der Waals surface area contributed by atoms with E-state index in [1.54, 1.807) is 12.1 Å². The van der Waals surface area contributed by atoms with Crippen molar-refractivity contribution in [1.82, 2.24) is 5.43 Å². The summed E-state index contributed by atoms with van der Waals surface area (Å²) < 4.78 is 18.1. The van der Waals surface area contributed by atoms with Gasteiger partial charge < -0.3 is 10.1 Å². The third-order valence-corrected chi connectivity index (χ3v) is 2.87. The molecule has 0 aromatic heterocycles. The molecule has 2 aromatic carbocycles. The van der Waals surface area contributed by atoms with Crippen LogP contribution in [0, 0.1) is 5.82 Å². The molecule has 0 spiro atoms. The van der Waals surface area contributed by atoms with Crippen molar-refractivity contribution < 1.29 is 13.9 Å². The van der Waals surface area contributed by atoms with E-state index in [0.717, 1.165) is 11.3 Å². The lowest BCUT2D eigenvalue weighted by Gasteiger charge is -2.05. The molecule has 0 unspecified atom stereocenters. The zero-order valence-corrected chi connectivity index (χ0v) is 12.8. The Hall–Kier alpha value is -2.89. The molecule has 0 heterocycles. The molecule has 0 aliphatic carbocycles. The Morgan fingerprint density at radius 2 is 2.04 bits per heavy atom. The Bertz CT molecular complexity index is 672. The standard InChI is InChI=1S/C17H18FN3O2/c1-2-23-16-5-3-4-13(10-16)11-20-21-17(22)12-19-15-8-6-14(18)7-9-15/h3-11,19H,2,12H2,1H3,(H,21,22)/b20-11-. The first kappa shape index (κ1) is 16.5. The second-order valence-electron chi connectivity index (χ2n) is 4.66. The number of nitrogens with zero attached hydrogens (tertiary/aromatic N) is 1. The number of hydrazone groups is 1. The summed E-state index contributed by atoms with van der Waals surface area (Å²) in [6.07, 6.45) is 1.54. The second kappa shape index (κ2) is 8.53. The molecule has 0 radical (unpaired) electrons. The first-order valence-electron chi connectivity index (χ1n) is 7.21. The summed E-state index contributed by atoms with van der Waals surface area (Å²) in [4.78, 5) is 11.7. The molecule has 0 fully saturated rings. The summed E-state index contributed by atoms with van der Waals surface area (Å²) in [5.74, 6) is 0.131. The van der Waals surface area contributed by atoms with E-state index in [1.165, 1.54) is 18.3 Å². The highest BCUT2D eigenvalue weighted by Crippen LogP contribution is 2.11. The van der Waals surface area contributed by atoms with Crippen LogP contribution in [0.1, 0.15) is 12.5 Å². The number of anilines is 1. The Labute approximate surface area is 134 Å². The predicted octanol–water partition coefficient (Wildman–Crippen LogP) is 2.79. The summed E-state index contributed by atoms with van der Waals surface area (Å²) in [6.45, 7) is 2.55. The van der Waals surface area contributed by atoms with Crippen LogP contribution in [0.4, 0.5) is 10.1 Å². The lowest BCUT2D eigenvalue weighted by molar-refractivity contribution is -0.119. The zero-order chi connectivity index (χ0) is 16.5. The predicted molar refractivity (Wildman–Crippen MR) is 88.2 cm³/mol.